The lowest BCUT2D eigenvalue weighted by Gasteiger charge is -2.26. The molecule has 2 aromatic heterocycles. The normalized spacial score (nSPS) is 13.4. The zero-order chi connectivity index (χ0) is 19.0. The summed E-state index contributed by atoms with van der Waals surface area (Å²) >= 11 is 1.61. The van der Waals surface area contributed by atoms with Crippen molar-refractivity contribution in [3.8, 4) is 0 Å². The third kappa shape index (κ3) is 5.10. The Balaban J connectivity index is 2.55. The molecule has 0 bridgehead atoms. The van der Waals surface area contributed by atoms with E-state index in [0.29, 0.717) is 13.2 Å². The Labute approximate surface area is 160 Å². The first-order chi connectivity index (χ1) is 12.6. The number of aryl methyl sites for hydroxylation is 1. The molecule has 146 valence electrons. The molecule has 0 radical (unpaired) electrons. The highest BCUT2D eigenvalue weighted by Gasteiger charge is 2.39. The SMILES string of the molecule is CCCCc1cc(C(SCCC)P(=O)(OCC)OCC)n2nccc2n1. The molecule has 0 aliphatic rings. The summed E-state index contributed by atoms with van der Waals surface area (Å²) in [5.41, 5.74) is 2.61. The van der Waals surface area contributed by atoms with E-state index in [9.17, 15) is 4.57 Å². The van der Waals surface area contributed by atoms with Gasteiger partial charge in [0.1, 0.15) is 4.99 Å². The van der Waals surface area contributed by atoms with Crippen LogP contribution in [0.25, 0.3) is 5.65 Å². The van der Waals surface area contributed by atoms with Gasteiger partial charge in [-0.15, -0.1) is 11.8 Å². The van der Waals surface area contributed by atoms with Gasteiger partial charge in [-0.2, -0.15) is 5.10 Å². The minimum Gasteiger partial charge on any atom is -0.308 e. The van der Waals surface area contributed by atoms with Crippen LogP contribution < -0.4 is 0 Å². The average molecular weight is 399 g/mol. The molecule has 0 fully saturated rings. The highest BCUT2D eigenvalue weighted by molar-refractivity contribution is 8.04. The fourth-order valence-corrected chi connectivity index (χ4v) is 6.54. The number of hydrogen-bond acceptors (Lipinski definition) is 6. The molecule has 0 aliphatic heterocycles. The summed E-state index contributed by atoms with van der Waals surface area (Å²) in [6.45, 7) is 8.65. The van der Waals surface area contributed by atoms with Crippen molar-refractivity contribution < 1.29 is 13.6 Å². The summed E-state index contributed by atoms with van der Waals surface area (Å²) in [5, 5.41) is 4.41. The molecule has 26 heavy (non-hydrogen) atoms. The fraction of sp³-hybridized carbons (Fsp3) is 0.667. The summed E-state index contributed by atoms with van der Waals surface area (Å²) < 4.78 is 26.7. The van der Waals surface area contributed by atoms with Gasteiger partial charge in [0.15, 0.2) is 5.65 Å². The van der Waals surface area contributed by atoms with Gasteiger partial charge in [-0.1, -0.05) is 20.3 Å². The van der Waals surface area contributed by atoms with E-state index in [1.165, 1.54) is 0 Å². The van der Waals surface area contributed by atoms with Crippen molar-refractivity contribution in [2.75, 3.05) is 19.0 Å². The molecule has 2 aromatic rings. The van der Waals surface area contributed by atoms with Gasteiger partial charge in [0, 0.05) is 11.8 Å². The number of hydrogen-bond donors (Lipinski definition) is 0. The third-order valence-corrected chi connectivity index (χ3v) is 8.36. The molecule has 6 nitrogen and oxygen atoms in total. The molecule has 1 unspecified atom stereocenters. The smallest absolute Gasteiger partial charge is 0.308 e. The van der Waals surface area contributed by atoms with Crippen molar-refractivity contribution in [2.45, 2.75) is 58.4 Å². The maximum Gasteiger partial charge on any atom is 0.349 e. The molecule has 2 rings (SSSR count). The summed E-state index contributed by atoms with van der Waals surface area (Å²) in [5.74, 6) is 0.865. The second-order valence-electron chi connectivity index (χ2n) is 5.98. The number of aromatic nitrogens is 3. The van der Waals surface area contributed by atoms with Crippen LogP contribution in [-0.2, 0) is 20.0 Å². The monoisotopic (exact) mass is 399 g/mol. The van der Waals surface area contributed by atoms with Gasteiger partial charge in [0.2, 0.25) is 0 Å². The van der Waals surface area contributed by atoms with Crippen LogP contribution >= 0.6 is 19.4 Å². The second kappa shape index (κ2) is 10.5. The van der Waals surface area contributed by atoms with E-state index >= 15 is 0 Å². The van der Waals surface area contributed by atoms with Crippen LogP contribution in [-0.4, -0.2) is 33.6 Å². The molecule has 8 heteroatoms. The van der Waals surface area contributed by atoms with E-state index in [1.54, 1.807) is 22.5 Å². The number of fused-ring (bicyclic) bond motifs is 1. The van der Waals surface area contributed by atoms with Gasteiger partial charge >= 0.3 is 7.60 Å². The van der Waals surface area contributed by atoms with E-state index < -0.39 is 12.6 Å². The molecule has 0 saturated heterocycles. The standard InChI is InChI=1S/C18H30N3O3PS/c1-5-9-10-15-14-16(21-17(20-15)11-12-19-21)18(26-13-6-2)25(22,23-7-3)24-8-4/h11-12,14,18H,5-10,13H2,1-4H3. The van der Waals surface area contributed by atoms with Crippen molar-refractivity contribution in [1.29, 1.82) is 0 Å². The first-order valence-electron chi connectivity index (χ1n) is 9.43. The lowest BCUT2D eigenvalue weighted by molar-refractivity contribution is 0.218. The van der Waals surface area contributed by atoms with Gasteiger partial charge in [0.05, 0.1) is 25.1 Å². The predicted octanol–water partition coefficient (Wildman–Crippen LogP) is 5.48. The largest absolute Gasteiger partial charge is 0.349 e. The van der Waals surface area contributed by atoms with Gasteiger partial charge < -0.3 is 9.05 Å². The Hall–Kier alpha value is -0.880. The topological polar surface area (TPSA) is 65.7 Å². The first-order valence-corrected chi connectivity index (χ1v) is 12.1. The number of rotatable bonds is 12. The Bertz CT molecular complexity index is 728. The second-order valence-corrected chi connectivity index (χ2v) is 9.65. The van der Waals surface area contributed by atoms with E-state index in [2.05, 4.69) is 23.9 Å². The van der Waals surface area contributed by atoms with E-state index in [1.807, 2.05) is 26.0 Å². The van der Waals surface area contributed by atoms with Crippen LogP contribution in [0.4, 0.5) is 0 Å². The van der Waals surface area contributed by atoms with Crippen LogP contribution in [0, 0.1) is 0 Å². The fourth-order valence-electron chi connectivity index (χ4n) is 2.75. The van der Waals surface area contributed by atoms with Crippen molar-refractivity contribution in [2.24, 2.45) is 0 Å². The van der Waals surface area contributed by atoms with E-state index in [-0.39, 0.29) is 0 Å². The van der Waals surface area contributed by atoms with Crippen molar-refractivity contribution in [3.05, 3.63) is 29.7 Å². The molecular formula is C18H30N3O3PS. The lowest BCUT2D eigenvalue weighted by atomic mass is 10.2. The minimum atomic E-state index is -3.33. The van der Waals surface area contributed by atoms with Gasteiger partial charge in [-0.25, -0.2) is 9.50 Å². The summed E-state index contributed by atoms with van der Waals surface area (Å²) in [7, 11) is -3.33. The molecule has 1 atom stereocenters. The molecular weight excluding hydrogens is 369 g/mol. The maximum absolute atomic E-state index is 13.6. The molecule has 0 aliphatic carbocycles. The zero-order valence-corrected chi connectivity index (χ0v) is 17.9. The van der Waals surface area contributed by atoms with Crippen LogP contribution in [0.1, 0.15) is 63.3 Å². The molecule has 0 N–H and O–H groups in total. The van der Waals surface area contributed by atoms with Gasteiger partial charge in [-0.05, 0) is 44.9 Å². The van der Waals surface area contributed by atoms with E-state index in [0.717, 1.165) is 48.5 Å². The third-order valence-electron chi connectivity index (χ3n) is 3.86. The Morgan fingerprint density at radius 2 is 1.92 bits per heavy atom. The van der Waals surface area contributed by atoms with Gasteiger partial charge in [0.25, 0.3) is 0 Å². The Morgan fingerprint density at radius 3 is 2.54 bits per heavy atom. The van der Waals surface area contributed by atoms with Gasteiger partial charge in [-0.3, -0.25) is 4.57 Å². The zero-order valence-electron chi connectivity index (χ0n) is 16.2. The molecule has 0 saturated carbocycles. The Morgan fingerprint density at radius 1 is 1.19 bits per heavy atom. The minimum absolute atomic E-state index is 0.344. The Kier molecular flexibility index (Phi) is 8.61. The summed E-state index contributed by atoms with van der Waals surface area (Å²) in [6, 6.07) is 3.90. The van der Waals surface area contributed by atoms with Crippen LogP contribution in [0.3, 0.4) is 0 Å². The number of unbranched alkanes of at least 4 members (excludes halogenated alkanes) is 1. The lowest BCUT2D eigenvalue weighted by Crippen LogP contribution is -2.11. The molecule has 0 amide bonds. The van der Waals surface area contributed by atoms with Crippen LogP contribution in [0.15, 0.2) is 18.3 Å². The highest BCUT2D eigenvalue weighted by atomic mass is 32.2. The summed E-state index contributed by atoms with van der Waals surface area (Å²) in [6.07, 6.45) is 5.77. The van der Waals surface area contributed by atoms with Crippen molar-refractivity contribution in [3.63, 3.8) is 0 Å². The summed E-state index contributed by atoms with van der Waals surface area (Å²) in [4.78, 5) is 4.27. The highest BCUT2D eigenvalue weighted by Crippen LogP contribution is 2.65. The number of thioether (sulfide) groups is 1. The first kappa shape index (κ1) is 21.4. The van der Waals surface area contributed by atoms with Crippen LogP contribution in [0.5, 0.6) is 0 Å². The van der Waals surface area contributed by atoms with E-state index in [4.69, 9.17) is 9.05 Å². The van der Waals surface area contributed by atoms with Crippen LogP contribution in [0.2, 0.25) is 0 Å². The quantitative estimate of drug-likeness (QED) is 0.440. The predicted molar refractivity (Wildman–Crippen MR) is 108 cm³/mol. The number of nitrogens with zero attached hydrogens (tertiary/aromatic N) is 3. The maximum atomic E-state index is 13.6. The van der Waals surface area contributed by atoms with Crippen molar-refractivity contribution >= 4 is 25.0 Å². The molecule has 2 heterocycles. The molecule has 0 aromatic carbocycles. The van der Waals surface area contributed by atoms with Crippen molar-refractivity contribution in [1.82, 2.24) is 14.6 Å². The average Bonchev–Trinajstić information content (AvgIpc) is 3.09. The molecule has 0 spiro atoms.